The van der Waals surface area contributed by atoms with Gasteiger partial charge < -0.3 is 10.5 Å². The fourth-order valence-corrected chi connectivity index (χ4v) is 2.48. The lowest BCUT2D eigenvalue weighted by Crippen LogP contribution is -2.08. The third-order valence-electron chi connectivity index (χ3n) is 2.89. The number of benzene rings is 1. The van der Waals surface area contributed by atoms with Crippen LogP contribution in [0.5, 0.6) is 0 Å². The normalized spacial score (nSPS) is 11.1. The number of aromatic nitrogens is 1. The molecule has 2 rings (SSSR count). The summed E-state index contributed by atoms with van der Waals surface area (Å²) < 4.78 is 27.7. The lowest BCUT2D eigenvalue weighted by Gasteiger charge is -2.07. The van der Waals surface area contributed by atoms with E-state index in [1.807, 2.05) is 0 Å². The van der Waals surface area contributed by atoms with Gasteiger partial charge in [0.15, 0.2) is 15.5 Å². The molecule has 0 aliphatic rings. The smallest absolute Gasteiger partial charge is 0.358 e. The summed E-state index contributed by atoms with van der Waals surface area (Å²) >= 11 is 0. The molecule has 6 nitrogen and oxygen atoms in total. The zero-order chi connectivity index (χ0) is 15.6. The van der Waals surface area contributed by atoms with E-state index in [1.165, 1.54) is 25.4 Å². The second kappa shape index (κ2) is 5.53. The van der Waals surface area contributed by atoms with Gasteiger partial charge in [0.2, 0.25) is 0 Å². The number of esters is 1. The predicted octanol–water partition coefficient (Wildman–Crippen LogP) is 1.52. The van der Waals surface area contributed by atoms with Gasteiger partial charge >= 0.3 is 5.97 Å². The van der Waals surface area contributed by atoms with Gasteiger partial charge in [0.1, 0.15) is 0 Å². The maximum atomic E-state index is 11.6. The Bertz CT molecular complexity index is 800. The van der Waals surface area contributed by atoms with Crippen LogP contribution >= 0.6 is 0 Å². The fraction of sp³-hybridized carbons (Fsp3) is 0.143. The van der Waals surface area contributed by atoms with Gasteiger partial charge in [-0.3, -0.25) is 0 Å². The van der Waals surface area contributed by atoms with Crippen LogP contribution in [0.1, 0.15) is 10.5 Å². The molecule has 0 unspecified atom stereocenters. The van der Waals surface area contributed by atoms with E-state index in [4.69, 9.17) is 5.73 Å². The molecule has 0 saturated carbocycles. The van der Waals surface area contributed by atoms with Crippen molar-refractivity contribution < 1.29 is 17.9 Å². The molecule has 0 aliphatic carbocycles. The van der Waals surface area contributed by atoms with E-state index >= 15 is 0 Å². The van der Waals surface area contributed by atoms with Crippen LogP contribution in [-0.4, -0.2) is 32.7 Å². The van der Waals surface area contributed by atoms with E-state index < -0.39 is 15.8 Å². The number of sulfone groups is 1. The van der Waals surface area contributed by atoms with Crippen LogP contribution in [0.4, 0.5) is 5.69 Å². The quantitative estimate of drug-likeness (QED) is 0.863. The molecule has 2 aromatic rings. The first-order valence-corrected chi connectivity index (χ1v) is 7.86. The van der Waals surface area contributed by atoms with Crippen LogP contribution in [0.25, 0.3) is 11.1 Å². The van der Waals surface area contributed by atoms with Gasteiger partial charge in [0.05, 0.1) is 17.7 Å². The largest absolute Gasteiger partial charge is 0.464 e. The maximum absolute atomic E-state index is 11.6. The van der Waals surface area contributed by atoms with Gasteiger partial charge in [-0.25, -0.2) is 18.2 Å². The van der Waals surface area contributed by atoms with Gasteiger partial charge in [-0.1, -0.05) is 12.1 Å². The van der Waals surface area contributed by atoms with Crippen molar-refractivity contribution >= 4 is 21.5 Å². The summed E-state index contributed by atoms with van der Waals surface area (Å²) in [6.45, 7) is 0. The summed E-state index contributed by atoms with van der Waals surface area (Å²) in [4.78, 5) is 15.6. The van der Waals surface area contributed by atoms with E-state index in [9.17, 15) is 13.2 Å². The standard InChI is InChI=1S/C14H14N2O4S/c1-20-14(17)13-12(15)7-10(8-16-13)9-4-3-5-11(6-9)21(2,18)19/h3-8H,15H2,1-2H3. The summed E-state index contributed by atoms with van der Waals surface area (Å²) in [5, 5.41) is 0. The minimum absolute atomic E-state index is 0.0283. The van der Waals surface area contributed by atoms with Gasteiger partial charge in [0.25, 0.3) is 0 Å². The number of nitrogens with two attached hydrogens (primary N) is 1. The van der Waals surface area contributed by atoms with Crippen LogP contribution in [0, 0.1) is 0 Å². The predicted molar refractivity (Wildman–Crippen MR) is 78.5 cm³/mol. The van der Waals surface area contributed by atoms with Crippen molar-refractivity contribution in [2.24, 2.45) is 0 Å². The molecule has 0 bridgehead atoms. The molecule has 2 N–H and O–H groups in total. The molecular formula is C14H14N2O4S. The summed E-state index contributed by atoms with van der Waals surface area (Å²) in [5.41, 5.74) is 7.24. The summed E-state index contributed by atoms with van der Waals surface area (Å²) in [5.74, 6) is -0.621. The number of rotatable bonds is 3. The number of hydrogen-bond donors (Lipinski definition) is 1. The number of nitrogen functional groups attached to an aromatic ring is 1. The molecule has 21 heavy (non-hydrogen) atoms. The van der Waals surface area contributed by atoms with Crippen LogP contribution < -0.4 is 5.73 Å². The Balaban J connectivity index is 2.49. The molecule has 110 valence electrons. The van der Waals surface area contributed by atoms with E-state index in [2.05, 4.69) is 9.72 Å². The first kappa shape index (κ1) is 15.0. The Hall–Kier alpha value is -2.41. The number of carbonyl (C=O) groups is 1. The van der Waals surface area contributed by atoms with Gasteiger partial charge in [-0.05, 0) is 23.8 Å². The van der Waals surface area contributed by atoms with Crippen LogP contribution in [-0.2, 0) is 14.6 Å². The molecule has 0 radical (unpaired) electrons. The molecule has 0 aliphatic heterocycles. The minimum atomic E-state index is -3.29. The Labute approximate surface area is 122 Å². The highest BCUT2D eigenvalue weighted by molar-refractivity contribution is 7.90. The Morgan fingerprint density at radius 2 is 1.95 bits per heavy atom. The van der Waals surface area contributed by atoms with Gasteiger partial charge in [-0.15, -0.1) is 0 Å². The lowest BCUT2D eigenvalue weighted by atomic mass is 10.1. The van der Waals surface area contributed by atoms with E-state index in [1.54, 1.807) is 18.2 Å². The molecule has 1 aromatic heterocycles. The Morgan fingerprint density at radius 3 is 2.52 bits per heavy atom. The van der Waals surface area contributed by atoms with Crippen molar-refractivity contribution in [2.45, 2.75) is 4.90 Å². The summed E-state index contributed by atoms with van der Waals surface area (Å²) in [6, 6.07) is 7.97. The Morgan fingerprint density at radius 1 is 1.24 bits per heavy atom. The average Bonchev–Trinajstić information content (AvgIpc) is 2.45. The van der Waals surface area contributed by atoms with E-state index in [0.29, 0.717) is 11.1 Å². The highest BCUT2D eigenvalue weighted by atomic mass is 32.2. The Kier molecular flexibility index (Phi) is 3.95. The second-order valence-electron chi connectivity index (χ2n) is 4.45. The lowest BCUT2D eigenvalue weighted by molar-refractivity contribution is 0.0595. The molecule has 0 atom stereocenters. The second-order valence-corrected chi connectivity index (χ2v) is 6.47. The van der Waals surface area contributed by atoms with Crippen LogP contribution in [0.15, 0.2) is 41.4 Å². The van der Waals surface area contributed by atoms with E-state index in [-0.39, 0.29) is 16.3 Å². The number of nitrogens with zero attached hydrogens (tertiary/aromatic N) is 1. The zero-order valence-corrected chi connectivity index (χ0v) is 12.3. The average molecular weight is 306 g/mol. The van der Waals surface area contributed by atoms with Gasteiger partial charge in [0, 0.05) is 18.0 Å². The molecule has 0 fully saturated rings. The summed E-state index contributed by atoms with van der Waals surface area (Å²) in [7, 11) is -2.05. The topological polar surface area (TPSA) is 99.3 Å². The molecule has 1 heterocycles. The molecule has 0 spiro atoms. The van der Waals surface area contributed by atoms with Crippen molar-refractivity contribution in [3.8, 4) is 11.1 Å². The van der Waals surface area contributed by atoms with Crippen molar-refractivity contribution in [2.75, 3.05) is 19.1 Å². The highest BCUT2D eigenvalue weighted by Gasteiger charge is 2.14. The van der Waals surface area contributed by atoms with Crippen molar-refractivity contribution in [3.63, 3.8) is 0 Å². The SMILES string of the molecule is COC(=O)c1ncc(-c2cccc(S(C)(=O)=O)c2)cc1N. The summed E-state index contributed by atoms with van der Waals surface area (Å²) in [6.07, 6.45) is 2.59. The van der Waals surface area contributed by atoms with Crippen molar-refractivity contribution in [3.05, 3.63) is 42.2 Å². The number of carbonyl (C=O) groups excluding carboxylic acids is 1. The molecule has 0 amide bonds. The molecule has 7 heteroatoms. The van der Waals surface area contributed by atoms with Crippen molar-refractivity contribution in [1.82, 2.24) is 4.98 Å². The molecular weight excluding hydrogens is 292 g/mol. The zero-order valence-electron chi connectivity index (χ0n) is 11.5. The fourth-order valence-electron chi connectivity index (χ4n) is 1.81. The number of hydrogen-bond acceptors (Lipinski definition) is 6. The van der Waals surface area contributed by atoms with Gasteiger partial charge in [-0.2, -0.15) is 0 Å². The first-order chi connectivity index (χ1) is 9.82. The number of methoxy groups -OCH3 is 1. The van der Waals surface area contributed by atoms with Crippen LogP contribution in [0.2, 0.25) is 0 Å². The maximum Gasteiger partial charge on any atom is 0.358 e. The van der Waals surface area contributed by atoms with Crippen LogP contribution in [0.3, 0.4) is 0 Å². The first-order valence-electron chi connectivity index (χ1n) is 5.97. The number of anilines is 1. The highest BCUT2D eigenvalue weighted by Crippen LogP contribution is 2.25. The number of pyridine rings is 1. The number of ether oxygens (including phenoxy) is 1. The third-order valence-corrected chi connectivity index (χ3v) is 4.00. The monoisotopic (exact) mass is 306 g/mol. The van der Waals surface area contributed by atoms with E-state index in [0.717, 1.165) is 6.26 Å². The molecule has 1 aromatic carbocycles. The molecule has 0 saturated heterocycles. The third kappa shape index (κ3) is 3.19. The minimum Gasteiger partial charge on any atom is -0.464 e. The van der Waals surface area contributed by atoms with Crippen molar-refractivity contribution in [1.29, 1.82) is 0 Å².